The van der Waals surface area contributed by atoms with E-state index in [0.717, 1.165) is 52.9 Å². The van der Waals surface area contributed by atoms with Gasteiger partial charge in [-0.2, -0.15) is 0 Å². The molecule has 100 valence electrons. The molecule has 0 amide bonds. The zero-order chi connectivity index (χ0) is 13.4. The highest BCUT2D eigenvalue weighted by Gasteiger charge is 2.18. The summed E-state index contributed by atoms with van der Waals surface area (Å²) in [5, 5.41) is 0.724. The largest absolute Gasteiger partial charge is 0.296 e. The molecule has 1 aromatic carbocycles. The molecule has 0 N–H and O–H groups in total. The summed E-state index contributed by atoms with van der Waals surface area (Å²) in [6.45, 7) is 3.04. The number of rotatable bonds is 1. The Hall–Kier alpha value is -1.16. The molecule has 1 aliphatic rings. The van der Waals surface area contributed by atoms with Crippen molar-refractivity contribution in [2.45, 2.75) is 39.2 Å². The van der Waals surface area contributed by atoms with Gasteiger partial charge >= 0.3 is 0 Å². The fraction of sp³-hybridized carbons (Fsp3) is 0.467. The fourth-order valence-corrected chi connectivity index (χ4v) is 3.21. The van der Waals surface area contributed by atoms with Crippen LogP contribution in [-0.4, -0.2) is 9.55 Å². The van der Waals surface area contributed by atoms with Gasteiger partial charge in [0.25, 0.3) is 5.56 Å². The minimum Gasteiger partial charge on any atom is -0.296 e. The molecule has 19 heavy (non-hydrogen) atoms. The number of benzene rings is 1. The Morgan fingerprint density at radius 2 is 2.26 bits per heavy atom. The number of aromatic nitrogens is 2. The monoisotopic (exact) mass is 320 g/mol. The van der Waals surface area contributed by atoms with Crippen molar-refractivity contribution < 1.29 is 0 Å². The number of halogens is 1. The molecule has 3 nitrogen and oxygen atoms in total. The molecule has 0 aliphatic carbocycles. The third-order valence-corrected chi connectivity index (χ3v) is 4.60. The van der Waals surface area contributed by atoms with Crippen LogP contribution in [0.1, 0.15) is 32.0 Å². The van der Waals surface area contributed by atoms with Gasteiger partial charge in [-0.05, 0) is 37.0 Å². The van der Waals surface area contributed by atoms with Gasteiger partial charge in [-0.15, -0.1) is 0 Å². The smallest absolute Gasteiger partial charge is 0.261 e. The van der Waals surface area contributed by atoms with Crippen LogP contribution in [-0.2, 0) is 13.0 Å². The summed E-state index contributed by atoms with van der Waals surface area (Å²) in [5.41, 5.74) is 0.921. The van der Waals surface area contributed by atoms with Crippen molar-refractivity contribution in [1.29, 1.82) is 0 Å². The average Bonchev–Trinajstić information content (AvgIpc) is 2.61. The van der Waals surface area contributed by atoms with Crippen molar-refractivity contribution in [2.24, 2.45) is 5.92 Å². The van der Waals surface area contributed by atoms with Crippen molar-refractivity contribution in [2.75, 3.05) is 0 Å². The first-order chi connectivity index (χ1) is 9.19. The van der Waals surface area contributed by atoms with Crippen molar-refractivity contribution in [3.05, 3.63) is 38.9 Å². The number of fused-ring (bicyclic) bond motifs is 2. The average molecular weight is 321 g/mol. The van der Waals surface area contributed by atoms with Gasteiger partial charge in [-0.1, -0.05) is 29.3 Å². The summed E-state index contributed by atoms with van der Waals surface area (Å²) in [7, 11) is 0. The van der Waals surface area contributed by atoms with E-state index in [1.54, 1.807) is 0 Å². The first kappa shape index (κ1) is 12.9. The van der Waals surface area contributed by atoms with Crippen molar-refractivity contribution in [3.8, 4) is 0 Å². The number of hydrogen-bond acceptors (Lipinski definition) is 2. The van der Waals surface area contributed by atoms with Crippen LogP contribution in [0.15, 0.2) is 27.5 Å². The number of nitrogens with zero attached hydrogens (tertiary/aromatic N) is 2. The zero-order valence-corrected chi connectivity index (χ0v) is 12.6. The number of hydrogen-bond donors (Lipinski definition) is 0. The second-order valence-corrected chi connectivity index (χ2v) is 6.16. The second kappa shape index (κ2) is 5.08. The molecule has 4 heteroatoms. The molecule has 1 aromatic heterocycles. The van der Waals surface area contributed by atoms with E-state index in [-0.39, 0.29) is 5.56 Å². The standard InChI is InChI=1S/C15H17BrN2O/c1-2-10-3-6-14-17-13-9-11(16)4-5-12(13)15(19)18(14)8-7-10/h4-5,9-10H,2-3,6-8H2,1H3. The Balaban J connectivity index is 2.16. The maximum Gasteiger partial charge on any atom is 0.261 e. The van der Waals surface area contributed by atoms with Crippen LogP contribution in [0.3, 0.4) is 0 Å². The van der Waals surface area contributed by atoms with E-state index < -0.39 is 0 Å². The Morgan fingerprint density at radius 1 is 1.42 bits per heavy atom. The molecule has 0 bridgehead atoms. The minimum absolute atomic E-state index is 0.115. The maximum absolute atomic E-state index is 12.5. The molecule has 0 saturated heterocycles. The zero-order valence-electron chi connectivity index (χ0n) is 11.0. The summed E-state index contributed by atoms with van der Waals surface area (Å²) in [6, 6.07) is 5.70. The number of aryl methyl sites for hydroxylation is 1. The Morgan fingerprint density at radius 3 is 3.05 bits per heavy atom. The normalized spacial score (nSPS) is 19.2. The molecular formula is C15H17BrN2O. The van der Waals surface area contributed by atoms with Crippen LogP contribution in [0.2, 0.25) is 0 Å². The topological polar surface area (TPSA) is 34.9 Å². The highest BCUT2D eigenvalue weighted by molar-refractivity contribution is 9.10. The van der Waals surface area contributed by atoms with Gasteiger partial charge in [0.1, 0.15) is 5.82 Å². The molecule has 0 radical (unpaired) electrons. The third kappa shape index (κ3) is 2.34. The molecule has 2 aromatic rings. The maximum atomic E-state index is 12.5. The lowest BCUT2D eigenvalue weighted by Gasteiger charge is -2.10. The van der Waals surface area contributed by atoms with Crippen LogP contribution >= 0.6 is 15.9 Å². The van der Waals surface area contributed by atoms with E-state index >= 15 is 0 Å². The quantitative estimate of drug-likeness (QED) is 0.805. The molecule has 0 fully saturated rings. The third-order valence-electron chi connectivity index (χ3n) is 4.11. The minimum atomic E-state index is 0.115. The van der Waals surface area contributed by atoms with E-state index in [9.17, 15) is 4.79 Å². The van der Waals surface area contributed by atoms with Crippen LogP contribution in [0.4, 0.5) is 0 Å². The molecule has 0 saturated carbocycles. The first-order valence-corrected chi connectivity index (χ1v) is 7.67. The van der Waals surface area contributed by atoms with E-state index in [1.807, 2.05) is 22.8 Å². The molecular weight excluding hydrogens is 304 g/mol. The summed E-state index contributed by atoms with van der Waals surface area (Å²) < 4.78 is 2.85. The lowest BCUT2D eigenvalue weighted by atomic mass is 9.98. The van der Waals surface area contributed by atoms with Crippen LogP contribution in [0, 0.1) is 5.92 Å². The molecule has 2 heterocycles. The summed E-state index contributed by atoms with van der Waals surface area (Å²) >= 11 is 3.44. The predicted octanol–water partition coefficient (Wildman–Crippen LogP) is 3.52. The van der Waals surface area contributed by atoms with Crippen LogP contribution in [0.5, 0.6) is 0 Å². The fourth-order valence-electron chi connectivity index (χ4n) is 2.86. The highest BCUT2D eigenvalue weighted by Crippen LogP contribution is 2.22. The summed E-state index contributed by atoms with van der Waals surface area (Å²) in [4.78, 5) is 17.2. The Bertz CT molecular complexity index is 678. The van der Waals surface area contributed by atoms with Gasteiger partial charge in [0.2, 0.25) is 0 Å². The molecule has 0 spiro atoms. The van der Waals surface area contributed by atoms with E-state index in [4.69, 9.17) is 4.98 Å². The predicted molar refractivity (Wildman–Crippen MR) is 80.4 cm³/mol. The lowest BCUT2D eigenvalue weighted by Crippen LogP contribution is -2.24. The van der Waals surface area contributed by atoms with Crippen molar-refractivity contribution in [3.63, 3.8) is 0 Å². The first-order valence-electron chi connectivity index (χ1n) is 6.88. The van der Waals surface area contributed by atoms with Crippen LogP contribution in [0.25, 0.3) is 10.9 Å². The Kier molecular flexibility index (Phi) is 3.44. The van der Waals surface area contributed by atoms with Crippen molar-refractivity contribution in [1.82, 2.24) is 9.55 Å². The van der Waals surface area contributed by atoms with Gasteiger partial charge in [-0.25, -0.2) is 4.98 Å². The second-order valence-electron chi connectivity index (χ2n) is 5.25. The molecule has 1 atom stereocenters. The van der Waals surface area contributed by atoms with Gasteiger partial charge in [0, 0.05) is 17.4 Å². The SMILES string of the molecule is CCC1CCc2nc3cc(Br)ccc3c(=O)n2CC1. The van der Waals surface area contributed by atoms with Gasteiger partial charge < -0.3 is 0 Å². The molecule has 1 aliphatic heterocycles. The summed E-state index contributed by atoms with van der Waals surface area (Å²) in [5.74, 6) is 1.67. The van der Waals surface area contributed by atoms with E-state index in [1.165, 1.54) is 6.42 Å². The lowest BCUT2D eigenvalue weighted by molar-refractivity contribution is 0.432. The molecule has 1 unspecified atom stereocenters. The van der Waals surface area contributed by atoms with E-state index in [0.29, 0.717) is 0 Å². The van der Waals surface area contributed by atoms with Crippen molar-refractivity contribution >= 4 is 26.8 Å². The Labute approximate surface area is 120 Å². The molecule has 3 rings (SSSR count). The van der Waals surface area contributed by atoms with E-state index in [2.05, 4.69) is 22.9 Å². The van der Waals surface area contributed by atoms with Gasteiger partial charge in [0.05, 0.1) is 10.9 Å². The summed E-state index contributed by atoms with van der Waals surface area (Å²) in [6.07, 6.45) is 4.33. The van der Waals surface area contributed by atoms with Gasteiger partial charge in [-0.3, -0.25) is 9.36 Å². The van der Waals surface area contributed by atoms with Gasteiger partial charge in [0.15, 0.2) is 0 Å². The highest BCUT2D eigenvalue weighted by atomic mass is 79.9. The van der Waals surface area contributed by atoms with Crippen LogP contribution < -0.4 is 5.56 Å².